The summed E-state index contributed by atoms with van der Waals surface area (Å²) in [6.07, 6.45) is -1.43. The minimum atomic E-state index is -4.04. The first kappa shape index (κ1) is 10.8. The summed E-state index contributed by atoms with van der Waals surface area (Å²) in [5.74, 6) is 0. The molecule has 0 radical (unpaired) electrons. The molecule has 0 aromatic rings. The first-order chi connectivity index (χ1) is 6.08. The van der Waals surface area contributed by atoms with Crippen LogP contribution in [0.2, 0.25) is 0 Å². The van der Waals surface area contributed by atoms with Crippen molar-refractivity contribution in [3.63, 3.8) is 0 Å². The van der Waals surface area contributed by atoms with Gasteiger partial charge in [0, 0.05) is 19.6 Å². The molecule has 1 heterocycles. The highest BCUT2D eigenvalue weighted by Gasteiger charge is 2.26. The van der Waals surface area contributed by atoms with E-state index in [0.717, 1.165) is 25.9 Å². The van der Waals surface area contributed by atoms with Gasteiger partial charge in [0.25, 0.3) is 0 Å². The first-order valence-electron chi connectivity index (χ1n) is 4.63. The predicted molar refractivity (Wildman–Crippen MR) is 44.1 cm³/mol. The van der Waals surface area contributed by atoms with Gasteiger partial charge in [0.2, 0.25) is 0 Å². The third kappa shape index (κ3) is 5.10. The lowest BCUT2D eigenvalue weighted by molar-refractivity contribution is -0.135. The normalized spacial score (nSPS) is 20.5. The molecular weight excluding hydrogens is 181 g/mol. The Morgan fingerprint density at radius 3 is 2.23 bits per heavy atom. The Morgan fingerprint density at radius 2 is 1.69 bits per heavy atom. The van der Waals surface area contributed by atoms with Crippen LogP contribution < -0.4 is 5.43 Å². The zero-order valence-electron chi connectivity index (χ0n) is 7.53. The summed E-state index contributed by atoms with van der Waals surface area (Å²) in [7, 11) is 0. The van der Waals surface area contributed by atoms with E-state index >= 15 is 0 Å². The fourth-order valence-electron chi connectivity index (χ4n) is 1.41. The average Bonchev–Trinajstić information content (AvgIpc) is 2.04. The van der Waals surface area contributed by atoms with Crippen molar-refractivity contribution < 1.29 is 13.2 Å². The van der Waals surface area contributed by atoms with E-state index in [4.69, 9.17) is 0 Å². The highest BCUT2D eigenvalue weighted by atomic mass is 19.4. The Balaban J connectivity index is 2.04. The van der Waals surface area contributed by atoms with Crippen molar-refractivity contribution in [3.8, 4) is 0 Å². The second-order valence-corrected chi connectivity index (χ2v) is 3.32. The van der Waals surface area contributed by atoms with Gasteiger partial charge in [-0.2, -0.15) is 13.2 Å². The van der Waals surface area contributed by atoms with E-state index < -0.39 is 12.6 Å². The first-order valence-corrected chi connectivity index (χ1v) is 4.63. The number of alkyl halides is 3. The van der Waals surface area contributed by atoms with Gasteiger partial charge in [0.05, 0.1) is 6.42 Å². The van der Waals surface area contributed by atoms with Crippen LogP contribution in [0.15, 0.2) is 0 Å². The molecule has 1 aliphatic rings. The van der Waals surface area contributed by atoms with E-state index in [2.05, 4.69) is 5.43 Å². The van der Waals surface area contributed by atoms with Gasteiger partial charge in [0.15, 0.2) is 0 Å². The van der Waals surface area contributed by atoms with Crippen LogP contribution in [0.4, 0.5) is 13.2 Å². The minimum Gasteiger partial charge on any atom is -0.255 e. The lowest BCUT2D eigenvalue weighted by atomic mass is 10.2. The summed E-state index contributed by atoms with van der Waals surface area (Å²) in [6.45, 7) is 1.75. The number of halogens is 3. The van der Waals surface area contributed by atoms with Crippen LogP contribution in [0.5, 0.6) is 0 Å². The molecule has 1 aliphatic heterocycles. The molecule has 1 rings (SSSR count). The van der Waals surface area contributed by atoms with E-state index in [9.17, 15) is 13.2 Å². The van der Waals surface area contributed by atoms with Crippen molar-refractivity contribution in [1.82, 2.24) is 10.4 Å². The summed E-state index contributed by atoms with van der Waals surface area (Å²) in [6, 6.07) is 0. The van der Waals surface area contributed by atoms with E-state index in [0.29, 0.717) is 0 Å². The Labute approximate surface area is 76.1 Å². The Morgan fingerprint density at radius 1 is 1.08 bits per heavy atom. The van der Waals surface area contributed by atoms with Gasteiger partial charge in [-0.15, -0.1) is 0 Å². The zero-order chi connectivity index (χ0) is 9.73. The fraction of sp³-hybridized carbons (Fsp3) is 1.00. The third-order valence-electron chi connectivity index (χ3n) is 2.10. The van der Waals surface area contributed by atoms with Crippen LogP contribution in [-0.4, -0.2) is 30.8 Å². The smallest absolute Gasteiger partial charge is 0.255 e. The zero-order valence-corrected chi connectivity index (χ0v) is 7.53. The van der Waals surface area contributed by atoms with Gasteiger partial charge >= 0.3 is 6.18 Å². The number of hydrogen-bond donors (Lipinski definition) is 1. The minimum absolute atomic E-state index is 0.00347. The maximum absolute atomic E-state index is 11.8. The van der Waals surface area contributed by atoms with Crippen LogP contribution in [0, 0.1) is 0 Å². The van der Waals surface area contributed by atoms with E-state index in [-0.39, 0.29) is 6.54 Å². The number of hydrogen-bond acceptors (Lipinski definition) is 2. The number of nitrogens with zero attached hydrogens (tertiary/aromatic N) is 1. The van der Waals surface area contributed by atoms with E-state index in [1.807, 2.05) is 5.01 Å². The van der Waals surface area contributed by atoms with Gasteiger partial charge in [-0.25, -0.2) is 5.01 Å². The van der Waals surface area contributed by atoms with Gasteiger partial charge in [-0.05, 0) is 12.8 Å². The fourth-order valence-corrected chi connectivity index (χ4v) is 1.41. The largest absolute Gasteiger partial charge is 0.390 e. The monoisotopic (exact) mass is 196 g/mol. The molecule has 0 bridgehead atoms. The average molecular weight is 196 g/mol. The molecule has 1 saturated heterocycles. The third-order valence-corrected chi connectivity index (χ3v) is 2.10. The van der Waals surface area contributed by atoms with Gasteiger partial charge in [-0.1, -0.05) is 6.42 Å². The molecule has 0 saturated carbocycles. The molecular formula is C8H15F3N2. The molecule has 0 spiro atoms. The molecule has 2 nitrogen and oxygen atoms in total. The molecule has 0 unspecified atom stereocenters. The molecule has 0 aliphatic carbocycles. The van der Waals surface area contributed by atoms with Crippen molar-refractivity contribution in [3.05, 3.63) is 0 Å². The van der Waals surface area contributed by atoms with Crippen molar-refractivity contribution >= 4 is 0 Å². The summed E-state index contributed by atoms with van der Waals surface area (Å²) < 4.78 is 35.3. The van der Waals surface area contributed by atoms with Crippen molar-refractivity contribution in [2.75, 3.05) is 19.6 Å². The van der Waals surface area contributed by atoms with Gasteiger partial charge in [-0.3, -0.25) is 5.43 Å². The van der Waals surface area contributed by atoms with Crippen LogP contribution in [0.25, 0.3) is 0 Å². The van der Waals surface area contributed by atoms with Crippen molar-refractivity contribution in [2.24, 2.45) is 0 Å². The lowest BCUT2D eigenvalue weighted by Crippen LogP contribution is -2.42. The number of hydrazine groups is 1. The lowest BCUT2D eigenvalue weighted by Gasteiger charge is -2.27. The SMILES string of the molecule is FC(F)(F)CCNN1CCCCC1. The van der Waals surface area contributed by atoms with Gasteiger partial charge in [0.1, 0.15) is 0 Å². The number of nitrogens with one attached hydrogen (secondary N) is 1. The highest BCUT2D eigenvalue weighted by Crippen LogP contribution is 2.18. The van der Waals surface area contributed by atoms with Gasteiger partial charge < -0.3 is 0 Å². The van der Waals surface area contributed by atoms with Crippen LogP contribution in [0.3, 0.4) is 0 Å². The predicted octanol–water partition coefficient (Wildman–Crippen LogP) is 1.93. The van der Waals surface area contributed by atoms with Crippen molar-refractivity contribution in [2.45, 2.75) is 31.9 Å². The molecule has 13 heavy (non-hydrogen) atoms. The molecule has 5 heteroatoms. The van der Waals surface area contributed by atoms with Crippen LogP contribution in [0.1, 0.15) is 25.7 Å². The highest BCUT2D eigenvalue weighted by molar-refractivity contribution is 4.61. The van der Waals surface area contributed by atoms with Crippen molar-refractivity contribution in [1.29, 1.82) is 0 Å². The summed E-state index contributed by atoms with van der Waals surface area (Å²) in [4.78, 5) is 0. The molecule has 1 fully saturated rings. The Kier molecular flexibility index (Phi) is 3.99. The topological polar surface area (TPSA) is 15.3 Å². The van der Waals surface area contributed by atoms with Crippen LogP contribution >= 0.6 is 0 Å². The van der Waals surface area contributed by atoms with E-state index in [1.54, 1.807) is 0 Å². The molecule has 0 amide bonds. The van der Waals surface area contributed by atoms with E-state index in [1.165, 1.54) is 6.42 Å². The summed E-state index contributed by atoms with van der Waals surface area (Å²) >= 11 is 0. The standard InChI is InChI=1S/C8H15F3N2/c9-8(10,11)4-5-12-13-6-2-1-3-7-13/h12H,1-7H2. The Bertz CT molecular complexity index is 141. The molecule has 0 aromatic carbocycles. The molecule has 0 atom stereocenters. The maximum atomic E-state index is 11.8. The second kappa shape index (κ2) is 4.81. The molecule has 1 N–H and O–H groups in total. The summed E-state index contributed by atoms with van der Waals surface area (Å²) in [5, 5.41) is 1.88. The summed E-state index contributed by atoms with van der Waals surface area (Å²) in [5.41, 5.74) is 2.79. The maximum Gasteiger partial charge on any atom is 0.390 e. The van der Waals surface area contributed by atoms with Crippen LogP contribution in [-0.2, 0) is 0 Å². The number of piperidine rings is 1. The number of rotatable bonds is 3. The molecule has 78 valence electrons. The quantitative estimate of drug-likeness (QED) is 0.742. The Hall–Kier alpha value is -0.290. The second-order valence-electron chi connectivity index (χ2n) is 3.32. The molecule has 0 aromatic heterocycles.